The van der Waals surface area contributed by atoms with Crippen LogP contribution in [0.15, 0.2) is 34.0 Å². The Hall–Kier alpha value is -4.21. The fraction of sp³-hybridized carbons (Fsp3) is 0.0625. The Morgan fingerprint density at radius 1 is 1.17 bits per heavy atom. The van der Waals surface area contributed by atoms with Crippen molar-refractivity contribution in [1.82, 2.24) is 19.3 Å². The van der Waals surface area contributed by atoms with E-state index in [4.69, 9.17) is 5.26 Å². The molecule has 0 atom stereocenters. The lowest BCUT2D eigenvalue weighted by molar-refractivity contribution is -0.116. The minimum absolute atomic E-state index is 0.295. The van der Waals surface area contributed by atoms with Gasteiger partial charge in [0.25, 0.3) is 5.56 Å². The van der Waals surface area contributed by atoms with Gasteiger partial charge in [-0.2, -0.15) is 14.8 Å². The maximum Gasteiger partial charge on any atom is 0.328 e. The number of nitrogens with zero attached hydrogens (tertiary/aromatic N) is 4. The van der Waals surface area contributed by atoms with Gasteiger partial charge in [-0.3, -0.25) is 19.1 Å². The Kier molecular flexibility index (Phi) is 5.01. The van der Waals surface area contributed by atoms with Crippen LogP contribution in [-0.2, 0) is 11.3 Å². The molecular weight excluding hydrogens is 400 g/mol. The number of benzene rings is 1. The van der Waals surface area contributed by atoms with Crippen LogP contribution in [0.1, 0.15) is 5.69 Å². The maximum absolute atomic E-state index is 14.1. The molecule has 0 spiro atoms. The van der Waals surface area contributed by atoms with Gasteiger partial charge in [0, 0.05) is 6.07 Å². The average Bonchev–Trinajstić information content (AvgIpc) is 3.07. The molecular formula is C16H8F4N6O3. The van der Waals surface area contributed by atoms with Crippen LogP contribution in [0, 0.1) is 34.6 Å². The molecule has 1 aromatic carbocycles. The lowest BCUT2D eigenvalue weighted by Gasteiger charge is -2.11. The topological polar surface area (TPSA) is 126 Å². The normalized spacial score (nSPS) is 10.6. The minimum atomic E-state index is -1.79. The molecule has 0 aliphatic heterocycles. The SMILES string of the molecule is N#Cc1cc(NC(=O)Cn2cc(F)c(=O)[nH]c2=O)n(-c2ccc(F)c(F)c2F)n1. The van der Waals surface area contributed by atoms with Crippen LogP contribution in [0.4, 0.5) is 23.4 Å². The Morgan fingerprint density at radius 2 is 1.90 bits per heavy atom. The predicted molar refractivity (Wildman–Crippen MR) is 88.1 cm³/mol. The molecule has 0 saturated carbocycles. The van der Waals surface area contributed by atoms with E-state index in [1.54, 1.807) is 11.1 Å². The van der Waals surface area contributed by atoms with Gasteiger partial charge < -0.3 is 5.32 Å². The second kappa shape index (κ2) is 7.43. The van der Waals surface area contributed by atoms with Crippen molar-refractivity contribution >= 4 is 11.7 Å². The van der Waals surface area contributed by atoms with E-state index in [0.29, 0.717) is 21.5 Å². The zero-order chi connectivity index (χ0) is 21.3. The summed E-state index contributed by atoms with van der Waals surface area (Å²) in [5.41, 5.74) is -3.23. The van der Waals surface area contributed by atoms with Gasteiger partial charge in [-0.05, 0) is 12.1 Å². The van der Waals surface area contributed by atoms with Gasteiger partial charge in [0.2, 0.25) is 11.7 Å². The third-order valence-corrected chi connectivity index (χ3v) is 3.62. The molecule has 13 heteroatoms. The number of carbonyl (C=O) groups excluding carboxylic acids is 1. The molecule has 2 aromatic heterocycles. The number of aromatic nitrogens is 4. The highest BCUT2D eigenvalue weighted by molar-refractivity contribution is 5.90. The summed E-state index contributed by atoms with van der Waals surface area (Å²) in [4.78, 5) is 36.5. The van der Waals surface area contributed by atoms with Crippen LogP contribution < -0.4 is 16.6 Å². The molecule has 0 saturated heterocycles. The maximum atomic E-state index is 14.1. The number of anilines is 1. The van der Waals surface area contributed by atoms with Crippen molar-refractivity contribution in [2.45, 2.75) is 6.54 Å². The third kappa shape index (κ3) is 3.76. The number of H-pyrrole nitrogens is 1. The van der Waals surface area contributed by atoms with E-state index < -0.39 is 52.7 Å². The second-order valence-electron chi connectivity index (χ2n) is 5.55. The van der Waals surface area contributed by atoms with Crippen molar-refractivity contribution in [3.63, 3.8) is 0 Å². The monoisotopic (exact) mass is 408 g/mol. The summed E-state index contributed by atoms with van der Waals surface area (Å²) in [5, 5.41) is 14.8. The molecule has 9 nitrogen and oxygen atoms in total. The minimum Gasteiger partial charge on any atom is -0.309 e. The lowest BCUT2D eigenvalue weighted by atomic mass is 10.3. The quantitative estimate of drug-likeness (QED) is 0.488. The van der Waals surface area contributed by atoms with Crippen LogP contribution in [0.3, 0.4) is 0 Å². The second-order valence-corrected chi connectivity index (χ2v) is 5.55. The first-order valence-corrected chi connectivity index (χ1v) is 7.64. The molecule has 0 fully saturated rings. The number of rotatable bonds is 4. The molecule has 0 bridgehead atoms. The summed E-state index contributed by atoms with van der Waals surface area (Å²) < 4.78 is 55.2. The van der Waals surface area contributed by atoms with Gasteiger partial charge in [-0.25, -0.2) is 22.6 Å². The van der Waals surface area contributed by atoms with E-state index in [-0.39, 0.29) is 11.5 Å². The molecule has 2 heterocycles. The summed E-state index contributed by atoms with van der Waals surface area (Å²) in [6.45, 7) is -0.764. The molecule has 0 aliphatic carbocycles. The molecule has 0 unspecified atom stereocenters. The summed E-state index contributed by atoms with van der Waals surface area (Å²) in [6.07, 6.45) is 0.508. The number of aromatic amines is 1. The lowest BCUT2D eigenvalue weighted by Crippen LogP contribution is -2.34. The van der Waals surface area contributed by atoms with Crippen molar-refractivity contribution < 1.29 is 22.4 Å². The van der Waals surface area contributed by atoms with Gasteiger partial charge in [0.05, 0.1) is 6.20 Å². The number of nitrogens with one attached hydrogen (secondary N) is 2. The zero-order valence-corrected chi connectivity index (χ0v) is 14.0. The highest BCUT2D eigenvalue weighted by atomic mass is 19.2. The largest absolute Gasteiger partial charge is 0.328 e. The van der Waals surface area contributed by atoms with Crippen molar-refractivity contribution in [2.24, 2.45) is 0 Å². The number of carbonyl (C=O) groups is 1. The van der Waals surface area contributed by atoms with E-state index in [0.717, 1.165) is 12.1 Å². The molecule has 1 amide bonds. The third-order valence-electron chi connectivity index (χ3n) is 3.62. The van der Waals surface area contributed by atoms with Gasteiger partial charge >= 0.3 is 5.69 Å². The fourth-order valence-electron chi connectivity index (χ4n) is 2.32. The van der Waals surface area contributed by atoms with Gasteiger partial charge in [0.15, 0.2) is 23.1 Å². The Labute approximate surface area is 157 Å². The van der Waals surface area contributed by atoms with Crippen LogP contribution in [-0.4, -0.2) is 25.2 Å². The van der Waals surface area contributed by atoms with Gasteiger partial charge in [-0.15, -0.1) is 0 Å². The van der Waals surface area contributed by atoms with Crippen molar-refractivity contribution in [1.29, 1.82) is 5.26 Å². The molecule has 148 valence electrons. The van der Waals surface area contributed by atoms with E-state index in [9.17, 15) is 31.9 Å². The Bertz CT molecular complexity index is 1290. The summed E-state index contributed by atoms with van der Waals surface area (Å²) in [7, 11) is 0. The van der Waals surface area contributed by atoms with Gasteiger partial charge in [-0.1, -0.05) is 0 Å². The van der Waals surface area contributed by atoms with E-state index >= 15 is 0 Å². The highest BCUT2D eigenvalue weighted by Crippen LogP contribution is 2.23. The standard InChI is InChI=1S/C16H8F4N6O3/c17-8-1-2-10(14(20)13(8)19)26-11(3-7(4-21)24-26)22-12(27)6-25-5-9(18)15(28)23-16(25)29/h1-3,5H,6H2,(H,22,27)(H,23,28,29). The molecule has 3 aromatic rings. The number of nitriles is 1. The molecule has 3 rings (SSSR count). The van der Waals surface area contributed by atoms with E-state index in [2.05, 4.69) is 10.4 Å². The average molecular weight is 408 g/mol. The van der Waals surface area contributed by atoms with Crippen LogP contribution in [0.25, 0.3) is 5.69 Å². The molecule has 0 aliphatic rings. The smallest absolute Gasteiger partial charge is 0.309 e. The first-order chi connectivity index (χ1) is 13.7. The van der Waals surface area contributed by atoms with Gasteiger partial charge in [0.1, 0.15) is 24.1 Å². The van der Waals surface area contributed by atoms with E-state index in [1.165, 1.54) is 0 Å². The number of amides is 1. The summed E-state index contributed by atoms with van der Waals surface area (Å²) in [5.74, 6) is -7.43. The molecule has 0 radical (unpaired) electrons. The fourth-order valence-corrected chi connectivity index (χ4v) is 2.32. The van der Waals surface area contributed by atoms with Crippen LogP contribution in [0.5, 0.6) is 0 Å². The van der Waals surface area contributed by atoms with Crippen molar-refractivity contribution in [3.8, 4) is 11.8 Å². The van der Waals surface area contributed by atoms with E-state index in [1.807, 2.05) is 0 Å². The number of hydrogen-bond acceptors (Lipinski definition) is 5. The number of halogens is 4. The highest BCUT2D eigenvalue weighted by Gasteiger charge is 2.20. The number of hydrogen-bond donors (Lipinski definition) is 2. The Balaban J connectivity index is 1.95. The zero-order valence-electron chi connectivity index (χ0n) is 14.0. The predicted octanol–water partition coefficient (Wildman–Crippen LogP) is 0.789. The summed E-state index contributed by atoms with van der Waals surface area (Å²) in [6, 6.07) is 4.09. The first-order valence-electron chi connectivity index (χ1n) is 7.64. The van der Waals surface area contributed by atoms with Crippen LogP contribution in [0.2, 0.25) is 0 Å². The van der Waals surface area contributed by atoms with Crippen LogP contribution >= 0.6 is 0 Å². The first kappa shape index (κ1) is 19.5. The van der Waals surface area contributed by atoms with Crippen molar-refractivity contribution in [2.75, 3.05) is 5.32 Å². The summed E-state index contributed by atoms with van der Waals surface area (Å²) >= 11 is 0. The molecule has 2 N–H and O–H groups in total. The Morgan fingerprint density at radius 3 is 2.59 bits per heavy atom. The van der Waals surface area contributed by atoms with Crippen molar-refractivity contribution in [3.05, 3.63) is 74.2 Å². The molecule has 29 heavy (non-hydrogen) atoms.